The predicted octanol–water partition coefficient (Wildman–Crippen LogP) is 2.64. The average Bonchev–Trinajstić information content (AvgIpc) is 2.61. The summed E-state index contributed by atoms with van der Waals surface area (Å²) in [4.78, 5) is 23.2. The molecule has 0 saturated carbocycles. The first kappa shape index (κ1) is 18.8. The second-order valence-corrected chi connectivity index (χ2v) is 5.68. The highest BCUT2D eigenvalue weighted by Gasteiger charge is 2.06. The van der Waals surface area contributed by atoms with Gasteiger partial charge in [-0.1, -0.05) is 41.4 Å². The van der Waals surface area contributed by atoms with E-state index in [1.54, 1.807) is 48.5 Å². The number of halogens is 2. The van der Waals surface area contributed by atoms with Crippen molar-refractivity contribution in [3.8, 4) is 5.75 Å². The van der Waals surface area contributed by atoms with Crippen LogP contribution in [0.15, 0.2) is 53.6 Å². The summed E-state index contributed by atoms with van der Waals surface area (Å²) in [5.74, 6) is -0.392. The van der Waals surface area contributed by atoms with Crippen molar-refractivity contribution in [2.24, 2.45) is 5.10 Å². The van der Waals surface area contributed by atoms with E-state index in [2.05, 4.69) is 15.8 Å². The average molecular weight is 380 g/mol. The Kier molecular flexibility index (Phi) is 7.25. The fourth-order valence-electron chi connectivity index (χ4n) is 1.70. The lowest BCUT2D eigenvalue weighted by molar-refractivity contribution is -0.127. The summed E-state index contributed by atoms with van der Waals surface area (Å²) in [5, 5.41) is 7.30. The second-order valence-electron chi connectivity index (χ2n) is 4.83. The largest absolute Gasteiger partial charge is 0.484 e. The van der Waals surface area contributed by atoms with Gasteiger partial charge in [0.25, 0.3) is 11.8 Å². The summed E-state index contributed by atoms with van der Waals surface area (Å²) in [6.07, 6.45) is 1.42. The molecule has 0 heterocycles. The quantitative estimate of drug-likeness (QED) is 0.573. The van der Waals surface area contributed by atoms with Crippen molar-refractivity contribution in [1.29, 1.82) is 0 Å². The van der Waals surface area contributed by atoms with Crippen LogP contribution in [0, 0.1) is 0 Å². The molecular formula is C17H15Cl2N3O3. The number of rotatable bonds is 7. The highest BCUT2D eigenvalue weighted by Crippen LogP contribution is 2.15. The van der Waals surface area contributed by atoms with Crippen LogP contribution in [-0.4, -0.2) is 31.2 Å². The van der Waals surface area contributed by atoms with Gasteiger partial charge in [-0.15, -0.1) is 0 Å². The fourth-order valence-corrected chi connectivity index (χ4v) is 2.01. The van der Waals surface area contributed by atoms with Crippen LogP contribution in [0.3, 0.4) is 0 Å². The number of carbonyl (C=O) groups is 2. The smallest absolute Gasteiger partial charge is 0.259 e. The van der Waals surface area contributed by atoms with Gasteiger partial charge < -0.3 is 10.1 Å². The van der Waals surface area contributed by atoms with Crippen LogP contribution >= 0.6 is 23.2 Å². The van der Waals surface area contributed by atoms with Gasteiger partial charge in [0.05, 0.1) is 12.8 Å². The first-order valence-electron chi connectivity index (χ1n) is 7.26. The van der Waals surface area contributed by atoms with Crippen LogP contribution in [0.25, 0.3) is 0 Å². The predicted molar refractivity (Wildman–Crippen MR) is 97.1 cm³/mol. The zero-order valence-corrected chi connectivity index (χ0v) is 14.6. The molecule has 0 aromatic heterocycles. The molecule has 2 rings (SSSR count). The van der Waals surface area contributed by atoms with Gasteiger partial charge in [0.1, 0.15) is 5.75 Å². The lowest BCUT2D eigenvalue weighted by Gasteiger charge is -2.07. The summed E-state index contributed by atoms with van der Waals surface area (Å²) in [6.45, 7) is -0.430. The standard InChI is InChI=1S/C17H15Cl2N3O3/c18-13-5-7-14(8-6-13)25-11-17(24)20-10-16(23)22-21-9-12-3-1-2-4-15(12)19/h1-9H,10-11H2,(H,20,24)(H,22,23)/b21-9-. The zero-order chi connectivity index (χ0) is 18.1. The molecule has 6 nitrogen and oxygen atoms in total. The molecule has 0 aliphatic rings. The van der Waals surface area contributed by atoms with Crippen LogP contribution in [0.1, 0.15) is 5.56 Å². The van der Waals surface area contributed by atoms with E-state index >= 15 is 0 Å². The normalized spacial score (nSPS) is 10.5. The van der Waals surface area contributed by atoms with E-state index in [0.717, 1.165) is 0 Å². The Morgan fingerprint density at radius 1 is 1.04 bits per heavy atom. The van der Waals surface area contributed by atoms with Gasteiger partial charge in [-0.2, -0.15) is 5.10 Å². The van der Waals surface area contributed by atoms with Gasteiger partial charge in [-0.05, 0) is 30.3 Å². The molecule has 25 heavy (non-hydrogen) atoms. The van der Waals surface area contributed by atoms with Crippen LogP contribution in [0.4, 0.5) is 0 Å². The van der Waals surface area contributed by atoms with Crippen molar-refractivity contribution in [3.63, 3.8) is 0 Å². The number of hydrazone groups is 1. The molecular weight excluding hydrogens is 365 g/mol. The molecule has 2 aromatic carbocycles. The van der Waals surface area contributed by atoms with Crippen molar-refractivity contribution in [1.82, 2.24) is 10.7 Å². The van der Waals surface area contributed by atoms with E-state index in [-0.39, 0.29) is 13.2 Å². The molecule has 0 atom stereocenters. The van der Waals surface area contributed by atoms with Crippen molar-refractivity contribution in [2.75, 3.05) is 13.2 Å². The van der Waals surface area contributed by atoms with Crippen LogP contribution < -0.4 is 15.5 Å². The molecule has 0 bridgehead atoms. The highest BCUT2D eigenvalue weighted by atomic mass is 35.5. The number of carbonyl (C=O) groups excluding carboxylic acids is 2. The molecule has 0 fully saturated rings. The van der Waals surface area contributed by atoms with Gasteiger partial charge >= 0.3 is 0 Å². The van der Waals surface area contributed by atoms with Crippen molar-refractivity contribution in [3.05, 3.63) is 64.1 Å². The summed E-state index contributed by atoms with van der Waals surface area (Å²) in [7, 11) is 0. The molecule has 2 aromatic rings. The number of amides is 2. The number of nitrogens with one attached hydrogen (secondary N) is 2. The minimum Gasteiger partial charge on any atom is -0.484 e. The van der Waals surface area contributed by atoms with E-state index < -0.39 is 11.8 Å². The SMILES string of the molecule is O=C(COc1ccc(Cl)cc1)NCC(=O)N/N=C\c1ccccc1Cl. The maximum absolute atomic E-state index is 11.6. The summed E-state index contributed by atoms with van der Waals surface area (Å²) < 4.78 is 5.26. The van der Waals surface area contributed by atoms with Gasteiger partial charge in [0, 0.05) is 15.6 Å². The third-order valence-electron chi connectivity index (χ3n) is 2.93. The minimum absolute atomic E-state index is 0.211. The Balaban J connectivity index is 1.68. The molecule has 2 amide bonds. The lowest BCUT2D eigenvalue weighted by Crippen LogP contribution is -2.37. The number of hydrogen-bond donors (Lipinski definition) is 2. The van der Waals surface area contributed by atoms with Crippen LogP contribution in [0.2, 0.25) is 10.0 Å². The first-order valence-corrected chi connectivity index (χ1v) is 8.01. The second kappa shape index (κ2) is 9.66. The van der Waals surface area contributed by atoms with Gasteiger partial charge in [0.2, 0.25) is 0 Å². The maximum Gasteiger partial charge on any atom is 0.259 e. The van der Waals surface area contributed by atoms with Crippen molar-refractivity contribution in [2.45, 2.75) is 0 Å². The monoisotopic (exact) mass is 379 g/mol. The molecule has 130 valence electrons. The Hall–Kier alpha value is -2.57. The molecule has 0 aliphatic carbocycles. The third-order valence-corrected chi connectivity index (χ3v) is 3.52. The maximum atomic E-state index is 11.6. The topological polar surface area (TPSA) is 79.8 Å². The van der Waals surface area contributed by atoms with E-state index in [1.807, 2.05) is 0 Å². The Morgan fingerprint density at radius 2 is 1.76 bits per heavy atom. The van der Waals surface area contributed by atoms with E-state index in [0.29, 0.717) is 21.4 Å². The van der Waals surface area contributed by atoms with E-state index in [4.69, 9.17) is 27.9 Å². The summed E-state index contributed by atoms with van der Waals surface area (Å²) in [6, 6.07) is 13.7. The van der Waals surface area contributed by atoms with Crippen molar-refractivity contribution >= 4 is 41.2 Å². The number of ether oxygens (including phenoxy) is 1. The molecule has 2 N–H and O–H groups in total. The lowest BCUT2D eigenvalue weighted by atomic mass is 10.2. The molecule has 0 spiro atoms. The number of benzene rings is 2. The minimum atomic E-state index is -0.469. The van der Waals surface area contributed by atoms with Gasteiger partial charge in [-0.3, -0.25) is 9.59 Å². The van der Waals surface area contributed by atoms with Gasteiger partial charge in [-0.25, -0.2) is 5.43 Å². The summed E-state index contributed by atoms with van der Waals surface area (Å²) in [5.41, 5.74) is 2.97. The van der Waals surface area contributed by atoms with Gasteiger partial charge in [0.15, 0.2) is 6.61 Å². The highest BCUT2D eigenvalue weighted by molar-refractivity contribution is 6.33. The van der Waals surface area contributed by atoms with Crippen LogP contribution in [0.5, 0.6) is 5.75 Å². The molecule has 0 radical (unpaired) electrons. The first-order chi connectivity index (χ1) is 12.0. The van der Waals surface area contributed by atoms with E-state index in [9.17, 15) is 9.59 Å². The third kappa shape index (κ3) is 6.82. The van der Waals surface area contributed by atoms with E-state index in [1.165, 1.54) is 6.21 Å². The molecule has 0 unspecified atom stereocenters. The number of nitrogens with zero attached hydrogens (tertiary/aromatic N) is 1. The molecule has 8 heteroatoms. The van der Waals surface area contributed by atoms with Crippen molar-refractivity contribution < 1.29 is 14.3 Å². The Morgan fingerprint density at radius 3 is 2.48 bits per heavy atom. The number of hydrogen-bond acceptors (Lipinski definition) is 4. The zero-order valence-electron chi connectivity index (χ0n) is 13.0. The Labute approximate surface area is 154 Å². The molecule has 0 aliphatic heterocycles. The Bertz CT molecular complexity index is 764. The summed E-state index contributed by atoms with van der Waals surface area (Å²) >= 11 is 11.7. The fraction of sp³-hybridized carbons (Fsp3) is 0.118. The molecule has 0 saturated heterocycles. The van der Waals surface area contributed by atoms with Crippen LogP contribution in [-0.2, 0) is 9.59 Å².